The lowest BCUT2D eigenvalue weighted by molar-refractivity contribution is 0.0955. The van der Waals surface area contributed by atoms with Gasteiger partial charge in [-0.25, -0.2) is 9.78 Å². The third kappa shape index (κ3) is 5.70. The lowest BCUT2D eigenvalue weighted by Gasteiger charge is -2.19. The molecule has 0 aliphatic heterocycles. The van der Waals surface area contributed by atoms with Crippen molar-refractivity contribution in [2.75, 3.05) is 29.9 Å². The Morgan fingerprint density at radius 3 is 2.36 bits per heavy atom. The molecule has 2 aromatic rings. The number of carbonyl (C=O) groups is 2. The molecule has 0 fully saturated rings. The van der Waals surface area contributed by atoms with Crippen molar-refractivity contribution in [3.63, 3.8) is 0 Å². The Balaban J connectivity index is 1.91. The van der Waals surface area contributed by atoms with Crippen LogP contribution in [0.4, 0.5) is 16.3 Å². The third-order valence-electron chi connectivity index (χ3n) is 4.42. The fraction of sp³-hybridized carbons (Fsp3) is 0.381. The summed E-state index contributed by atoms with van der Waals surface area (Å²) < 4.78 is 0. The van der Waals surface area contributed by atoms with Gasteiger partial charge in [-0.3, -0.25) is 4.79 Å². The molecule has 0 aliphatic carbocycles. The van der Waals surface area contributed by atoms with Gasteiger partial charge in [-0.15, -0.1) is 0 Å². The number of urea groups is 1. The zero-order valence-corrected chi connectivity index (χ0v) is 17.0. The standard InChI is InChI=1S/C21H29N5O2/c1-5-22-20(27)17-9-10-18(15(4)12-17)25-21(28)24-14-16-8-11-19(23-13-16)26(6-2)7-3/h8-13H,5-7,14H2,1-4H3,(H,22,27)(H2,24,25,28). The Hall–Kier alpha value is -3.09. The van der Waals surface area contributed by atoms with Crippen molar-refractivity contribution >= 4 is 23.4 Å². The minimum Gasteiger partial charge on any atom is -0.357 e. The molecular weight excluding hydrogens is 354 g/mol. The molecule has 1 aromatic heterocycles. The summed E-state index contributed by atoms with van der Waals surface area (Å²) in [5.41, 5.74) is 2.99. The second kappa shape index (κ2) is 10.3. The van der Waals surface area contributed by atoms with Crippen molar-refractivity contribution < 1.29 is 9.59 Å². The average Bonchev–Trinajstić information content (AvgIpc) is 2.70. The van der Waals surface area contributed by atoms with E-state index >= 15 is 0 Å². The van der Waals surface area contributed by atoms with E-state index in [2.05, 4.69) is 39.7 Å². The smallest absolute Gasteiger partial charge is 0.319 e. The van der Waals surface area contributed by atoms with Crippen LogP contribution >= 0.6 is 0 Å². The molecule has 28 heavy (non-hydrogen) atoms. The molecule has 0 saturated carbocycles. The van der Waals surface area contributed by atoms with Crippen LogP contribution in [0.2, 0.25) is 0 Å². The highest BCUT2D eigenvalue weighted by atomic mass is 16.2. The van der Waals surface area contributed by atoms with Crippen LogP contribution in [0.25, 0.3) is 0 Å². The fourth-order valence-electron chi connectivity index (χ4n) is 2.81. The third-order valence-corrected chi connectivity index (χ3v) is 4.42. The number of benzene rings is 1. The number of amides is 3. The van der Waals surface area contributed by atoms with E-state index in [0.29, 0.717) is 24.3 Å². The second-order valence-corrected chi connectivity index (χ2v) is 6.39. The number of nitrogens with one attached hydrogen (secondary N) is 3. The molecule has 0 atom stereocenters. The van der Waals surface area contributed by atoms with Crippen LogP contribution in [-0.4, -0.2) is 36.6 Å². The summed E-state index contributed by atoms with van der Waals surface area (Å²) in [5.74, 6) is 0.809. The zero-order chi connectivity index (χ0) is 20.5. The van der Waals surface area contributed by atoms with Gasteiger partial charge in [-0.05, 0) is 63.1 Å². The monoisotopic (exact) mass is 383 g/mol. The minimum absolute atomic E-state index is 0.123. The van der Waals surface area contributed by atoms with E-state index in [9.17, 15) is 9.59 Å². The number of hydrogen-bond acceptors (Lipinski definition) is 4. The van der Waals surface area contributed by atoms with Gasteiger partial charge in [0.15, 0.2) is 0 Å². The highest BCUT2D eigenvalue weighted by Crippen LogP contribution is 2.17. The lowest BCUT2D eigenvalue weighted by Crippen LogP contribution is -2.29. The van der Waals surface area contributed by atoms with E-state index in [1.54, 1.807) is 24.4 Å². The van der Waals surface area contributed by atoms with Crippen LogP contribution in [0.15, 0.2) is 36.5 Å². The first-order valence-electron chi connectivity index (χ1n) is 9.62. The van der Waals surface area contributed by atoms with Crippen molar-refractivity contribution in [1.82, 2.24) is 15.6 Å². The van der Waals surface area contributed by atoms with Crippen molar-refractivity contribution in [1.29, 1.82) is 0 Å². The summed E-state index contributed by atoms with van der Waals surface area (Å²) in [4.78, 5) is 30.7. The molecule has 3 amide bonds. The maximum atomic E-state index is 12.2. The van der Waals surface area contributed by atoms with Crippen LogP contribution in [-0.2, 0) is 6.54 Å². The Morgan fingerprint density at radius 1 is 1.04 bits per heavy atom. The van der Waals surface area contributed by atoms with Gasteiger partial charge in [0.05, 0.1) is 0 Å². The van der Waals surface area contributed by atoms with Crippen LogP contribution < -0.4 is 20.9 Å². The minimum atomic E-state index is -0.304. The normalized spacial score (nSPS) is 10.3. The van der Waals surface area contributed by atoms with Crippen LogP contribution in [0.5, 0.6) is 0 Å². The van der Waals surface area contributed by atoms with E-state index < -0.39 is 0 Å². The molecule has 150 valence electrons. The maximum absolute atomic E-state index is 12.2. The van der Waals surface area contributed by atoms with Gasteiger partial charge >= 0.3 is 6.03 Å². The fourth-order valence-corrected chi connectivity index (χ4v) is 2.81. The molecule has 0 saturated heterocycles. The highest BCUT2D eigenvalue weighted by Gasteiger charge is 2.09. The molecule has 7 heteroatoms. The summed E-state index contributed by atoms with van der Waals surface area (Å²) in [6.45, 7) is 10.7. The van der Waals surface area contributed by atoms with Gasteiger partial charge in [0, 0.05) is 43.6 Å². The number of pyridine rings is 1. The molecule has 3 N–H and O–H groups in total. The van der Waals surface area contributed by atoms with E-state index in [1.807, 2.05) is 26.0 Å². The van der Waals surface area contributed by atoms with Crippen LogP contribution in [0.1, 0.15) is 42.3 Å². The van der Waals surface area contributed by atoms with Gasteiger partial charge in [0.25, 0.3) is 5.91 Å². The first kappa shape index (κ1) is 21.2. The number of carbonyl (C=O) groups excluding carboxylic acids is 2. The number of aryl methyl sites for hydroxylation is 1. The summed E-state index contributed by atoms with van der Waals surface area (Å²) in [7, 11) is 0. The predicted molar refractivity (Wildman–Crippen MR) is 113 cm³/mol. The Kier molecular flexibility index (Phi) is 7.80. The molecule has 0 aliphatic rings. The molecule has 2 rings (SSSR count). The second-order valence-electron chi connectivity index (χ2n) is 6.39. The maximum Gasteiger partial charge on any atom is 0.319 e. The summed E-state index contributed by atoms with van der Waals surface area (Å²) >= 11 is 0. The molecule has 1 aromatic carbocycles. The van der Waals surface area contributed by atoms with Gasteiger partial charge in [-0.2, -0.15) is 0 Å². The molecule has 0 unspecified atom stereocenters. The van der Waals surface area contributed by atoms with Crippen LogP contribution in [0.3, 0.4) is 0 Å². The summed E-state index contributed by atoms with van der Waals surface area (Å²) in [5, 5.41) is 8.40. The van der Waals surface area contributed by atoms with Gasteiger partial charge in [-0.1, -0.05) is 6.07 Å². The SMILES string of the molecule is CCNC(=O)c1ccc(NC(=O)NCc2ccc(N(CC)CC)nc2)c(C)c1. The van der Waals surface area contributed by atoms with Gasteiger partial charge in [0.2, 0.25) is 0 Å². The topological polar surface area (TPSA) is 86.4 Å². The zero-order valence-electron chi connectivity index (χ0n) is 17.0. The molecule has 0 bridgehead atoms. The van der Waals surface area contributed by atoms with Crippen molar-refractivity contribution in [3.8, 4) is 0 Å². The molecule has 0 radical (unpaired) electrons. The Bertz CT molecular complexity index is 801. The molecular formula is C21H29N5O2. The Morgan fingerprint density at radius 2 is 1.79 bits per heavy atom. The number of aromatic nitrogens is 1. The lowest BCUT2D eigenvalue weighted by atomic mass is 10.1. The van der Waals surface area contributed by atoms with Crippen molar-refractivity contribution in [2.24, 2.45) is 0 Å². The predicted octanol–water partition coefficient (Wildman–Crippen LogP) is 3.31. The Labute approximate surface area is 166 Å². The molecule has 7 nitrogen and oxygen atoms in total. The van der Waals surface area contributed by atoms with E-state index in [1.165, 1.54) is 0 Å². The average molecular weight is 383 g/mol. The molecule has 0 spiro atoms. The summed E-state index contributed by atoms with van der Waals surface area (Å²) in [6, 6.07) is 8.82. The van der Waals surface area contributed by atoms with E-state index in [4.69, 9.17) is 0 Å². The van der Waals surface area contributed by atoms with E-state index in [0.717, 1.165) is 30.0 Å². The van der Waals surface area contributed by atoms with Crippen molar-refractivity contribution in [3.05, 3.63) is 53.2 Å². The highest BCUT2D eigenvalue weighted by molar-refractivity contribution is 5.96. The van der Waals surface area contributed by atoms with Crippen molar-refractivity contribution in [2.45, 2.75) is 34.2 Å². The van der Waals surface area contributed by atoms with Crippen LogP contribution in [0, 0.1) is 6.92 Å². The summed E-state index contributed by atoms with van der Waals surface area (Å²) in [6.07, 6.45) is 1.78. The number of rotatable bonds is 8. The largest absolute Gasteiger partial charge is 0.357 e. The van der Waals surface area contributed by atoms with Gasteiger partial charge < -0.3 is 20.9 Å². The van der Waals surface area contributed by atoms with E-state index in [-0.39, 0.29) is 11.9 Å². The first-order valence-corrected chi connectivity index (χ1v) is 9.62. The quantitative estimate of drug-likeness (QED) is 0.653. The van der Waals surface area contributed by atoms with Gasteiger partial charge in [0.1, 0.15) is 5.82 Å². The number of anilines is 2. The first-order chi connectivity index (χ1) is 13.5. The number of hydrogen-bond donors (Lipinski definition) is 3. The number of nitrogens with zero attached hydrogens (tertiary/aromatic N) is 2. The molecule has 1 heterocycles.